The van der Waals surface area contributed by atoms with Crippen LogP contribution < -0.4 is 0 Å². The summed E-state index contributed by atoms with van der Waals surface area (Å²) in [6.07, 6.45) is 4.28. The van der Waals surface area contributed by atoms with E-state index >= 15 is 0 Å². The van der Waals surface area contributed by atoms with Gasteiger partial charge in [0.15, 0.2) is 0 Å². The van der Waals surface area contributed by atoms with Gasteiger partial charge < -0.3 is 9.84 Å². The molecule has 2 aliphatic rings. The van der Waals surface area contributed by atoms with E-state index in [0.29, 0.717) is 24.5 Å². The first kappa shape index (κ1) is 9.00. The van der Waals surface area contributed by atoms with Crippen molar-refractivity contribution in [2.45, 2.75) is 37.9 Å². The van der Waals surface area contributed by atoms with Gasteiger partial charge in [0.1, 0.15) is 0 Å². The van der Waals surface area contributed by atoms with Crippen molar-refractivity contribution in [3.63, 3.8) is 0 Å². The Balaban J connectivity index is 1.93. The molecule has 0 amide bonds. The molecule has 1 aliphatic heterocycles. The molecule has 0 bridgehead atoms. The fourth-order valence-electron chi connectivity index (χ4n) is 2.36. The summed E-state index contributed by atoms with van der Waals surface area (Å²) in [6, 6.07) is 0. The monoisotopic (exact) mass is 183 g/mol. The van der Waals surface area contributed by atoms with Gasteiger partial charge in [-0.15, -0.1) is 0 Å². The Morgan fingerprint density at radius 2 is 2.31 bits per heavy atom. The van der Waals surface area contributed by atoms with Crippen molar-refractivity contribution < 1.29 is 14.6 Å². The van der Waals surface area contributed by atoms with Crippen molar-refractivity contribution >= 4 is 5.97 Å². The van der Waals surface area contributed by atoms with Gasteiger partial charge >= 0.3 is 5.97 Å². The van der Waals surface area contributed by atoms with Crippen molar-refractivity contribution in [1.82, 2.24) is 0 Å². The summed E-state index contributed by atoms with van der Waals surface area (Å²) in [6.45, 7) is 3.70. The molecule has 1 aliphatic carbocycles. The van der Waals surface area contributed by atoms with Gasteiger partial charge in [-0.25, -0.2) is 0 Å². The fourth-order valence-corrected chi connectivity index (χ4v) is 2.36. The maximum absolute atomic E-state index is 10.9. The molecule has 1 radical (unpaired) electrons. The number of carboxylic acids is 1. The van der Waals surface area contributed by atoms with Crippen LogP contribution in [0.15, 0.2) is 0 Å². The van der Waals surface area contributed by atoms with Gasteiger partial charge in [0.05, 0.1) is 18.1 Å². The molecule has 4 atom stereocenters. The Morgan fingerprint density at radius 3 is 2.85 bits per heavy atom. The molecule has 0 aromatic carbocycles. The molecule has 3 nitrogen and oxygen atoms in total. The average Bonchev–Trinajstić information content (AvgIpc) is 2.82. The third kappa shape index (κ3) is 1.70. The molecule has 1 saturated heterocycles. The lowest BCUT2D eigenvalue weighted by molar-refractivity contribution is -0.144. The number of fused-ring (bicyclic) bond motifs is 1. The Bertz CT molecular complexity index is 214. The largest absolute Gasteiger partial charge is 0.481 e. The third-order valence-corrected chi connectivity index (χ3v) is 3.24. The van der Waals surface area contributed by atoms with Gasteiger partial charge in [0.2, 0.25) is 0 Å². The molecular weight excluding hydrogens is 168 g/mol. The molecule has 13 heavy (non-hydrogen) atoms. The zero-order valence-electron chi connectivity index (χ0n) is 7.61. The Kier molecular flexibility index (Phi) is 2.28. The van der Waals surface area contributed by atoms with E-state index in [1.807, 2.05) is 0 Å². The van der Waals surface area contributed by atoms with E-state index in [1.165, 1.54) is 0 Å². The van der Waals surface area contributed by atoms with Crippen LogP contribution >= 0.6 is 0 Å². The molecule has 1 saturated carbocycles. The molecule has 0 aromatic rings. The van der Waals surface area contributed by atoms with E-state index in [9.17, 15) is 4.79 Å². The number of epoxide rings is 1. The van der Waals surface area contributed by atoms with Crippen LogP contribution in [0.1, 0.15) is 25.7 Å². The third-order valence-electron chi connectivity index (χ3n) is 3.24. The van der Waals surface area contributed by atoms with Crippen LogP contribution in [-0.4, -0.2) is 23.3 Å². The average molecular weight is 183 g/mol. The first-order chi connectivity index (χ1) is 6.22. The predicted molar refractivity (Wildman–Crippen MR) is 47.1 cm³/mol. The second-order valence-corrected chi connectivity index (χ2v) is 4.02. The highest BCUT2D eigenvalue weighted by Gasteiger charge is 2.46. The van der Waals surface area contributed by atoms with Crippen LogP contribution in [0.25, 0.3) is 0 Å². The summed E-state index contributed by atoms with van der Waals surface area (Å²) in [4.78, 5) is 10.9. The van der Waals surface area contributed by atoms with Crippen LogP contribution in [0.4, 0.5) is 0 Å². The van der Waals surface area contributed by atoms with Crippen LogP contribution in [0.2, 0.25) is 0 Å². The topological polar surface area (TPSA) is 49.8 Å². The van der Waals surface area contributed by atoms with Crippen LogP contribution in [0.3, 0.4) is 0 Å². The quantitative estimate of drug-likeness (QED) is 0.674. The highest BCUT2D eigenvalue weighted by atomic mass is 16.6. The molecule has 0 spiro atoms. The number of hydrogen-bond acceptors (Lipinski definition) is 2. The van der Waals surface area contributed by atoms with E-state index in [4.69, 9.17) is 9.84 Å². The number of carbonyl (C=O) groups is 1. The highest BCUT2D eigenvalue weighted by molar-refractivity contribution is 5.70. The molecule has 1 heterocycles. The smallest absolute Gasteiger partial charge is 0.306 e. The van der Waals surface area contributed by atoms with E-state index in [0.717, 1.165) is 19.3 Å². The molecule has 3 heteroatoms. The van der Waals surface area contributed by atoms with Gasteiger partial charge in [0.25, 0.3) is 0 Å². The van der Waals surface area contributed by atoms with E-state index in [2.05, 4.69) is 6.92 Å². The number of carboxylic acid groups (broad SMARTS) is 1. The van der Waals surface area contributed by atoms with Gasteiger partial charge in [0, 0.05) is 0 Å². The summed E-state index contributed by atoms with van der Waals surface area (Å²) < 4.78 is 5.37. The fraction of sp³-hybridized carbons (Fsp3) is 0.800. The molecule has 73 valence electrons. The number of aliphatic carboxylic acids is 1. The van der Waals surface area contributed by atoms with E-state index in [-0.39, 0.29) is 5.92 Å². The van der Waals surface area contributed by atoms with Crippen molar-refractivity contribution in [3.8, 4) is 0 Å². The summed E-state index contributed by atoms with van der Waals surface area (Å²) in [5, 5.41) is 8.94. The normalized spacial score (nSPS) is 39.3. The second kappa shape index (κ2) is 3.29. The summed E-state index contributed by atoms with van der Waals surface area (Å²) in [5.74, 6) is -0.664. The molecule has 2 fully saturated rings. The number of hydrogen-bond donors (Lipinski definition) is 1. The Morgan fingerprint density at radius 1 is 1.54 bits per heavy atom. The lowest BCUT2D eigenvalue weighted by Gasteiger charge is -2.24. The van der Waals surface area contributed by atoms with Gasteiger partial charge in [-0.2, -0.15) is 0 Å². The first-order valence-electron chi connectivity index (χ1n) is 4.90. The van der Waals surface area contributed by atoms with Crippen molar-refractivity contribution in [2.75, 3.05) is 0 Å². The molecule has 0 aromatic heterocycles. The maximum atomic E-state index is 10.9. The molecule has 4 unspecified atom stereocenters. The van der Waals surface area contributed by atoms with Gasteiger partial charge in [-0.1, -0.05) is 6.92 Å². The lowest BCUT2D eigenvalue weighted by Crippen LogP contribution is -2.27. The minimum absolute atomic E-state index is 0.259. The summed E-state index contributed by atoms with van der Waals surface area (Å²) >= 11 is 0. The lowest BCUT2D eigenvalue weighted by atomic mass is 9.79. The number of ether oxygens (including phenoxy) is 1. The zero-order chi connectivity index (χ0) is 9.42. The van der Waals surface area contributed by atoms with Crippen LogP contribution in [0, 0.1) is 18.8 Å². The standard InChI is InChI=1S/C10H15O3/c1-2-7(10(11)12)6-3-4-8-9(5-6)13-8/h6-9H,1-5H2,(H,11,12). The number of rotatable bonds is 3. The zero-order valence-corrected chi connectivity index (χ0v) is 7.61. The minimum Gasteiger partial charge on any atom is -0.481 e. The van der Waals surface area contributed by atoms with Crippen LogP contribution in [0.5, 0.6) is 0 Å². The second-order valence-electron chi connectivity index (χ2n) is 4.02. The Labute approximate surface area is 78.1 Å². The van der Waals surface area contributed by atoms with Crippen molar-refractivity contribution in [1.29, 1.82) is 0 Å². The summed E-state index contributed by atoms with van der Waals surface area (Å²) in [5.41, 5.74) is 0. The molecule has 2 rings (SSSR count). The van der Waals surface area contributed by atoms with Gasteiger partial charge in [-0.05, 0) is 31.6 Å². The Hall–Kier alpha value is -0.570. The van der Waals surface area contributed by atoms with Crippen molar-refractivity contribution in [2.24, 2.45) is 11.8 Å². The van der Waals surface area contributed by atoms with Crippen molar-refractivity contribution in [3.05, 3.63) is 6.92 Å². The van der Waals surface area contributed by atoms with E-state index < -0.39 is 5.97 Å². The maximum Gasteiger partial charge on any atom is 0.306 e. The summed E-state index contributed by atoms with van der Waals surface area (Å²) in [7, 11) is 0. The van der Waals surface area contributed by atoms with E-state index in [1.54, 1.807) is 0 Å². The van der Waals surface area contributed by atoms with Gasteiger partial charge in [-0.3, -0.25) is 4.79 Å². The van der Waals surface area contributed by atoms with Crippen LogP contribution in [-0.2, 0) is 9.53 Å². The highest BCUT2D eigenvalue weighted by Crippen LogP contribution is 2.42. The first-order valence-corrected chi connectivity index (χ1v) is 4.90. The SMILES string of the molecule is [CH2]CC(C(=O)O)C1CCC2OC2C1. The minimum atomic E-state index is -0.695. The predicted octanol–water partition coefficient (Wildman–Crippen LogP) is 1.48. The molecule has 1 N–H and O–H groups in total. The molecular formula is C10H15O3.